The van der Waals surface area contributed by atoms with Crippen molar-refractivity contribution in [1.82, 2.24) is 9.62 Å². The quantitative estimate of drug-likeness (QED) is 0.424. The molecule has 0 atom stereocenters. The van der Waals surface area contributed by atoms with Crippen molar-refractivity contribution in [3.8, 4) is 12.3 Å². The summed E-state index contributed by atoms with van der Waals surface area (Å²) in [6.07, 6.45) is 5.07. The summed E-state index contributed by atoms with van der Waals surface area (Å²) >= 11 is 0. The van der Waals surface area contributed by atoms with Gasteiger partial charge in [-0.25, -0.2) is 8.42 Å². The monoisotopic (exact) mass is 428 g/mol. The Kier molecular flexibility index (Phi) is 6.34. The van der Waals surface area contributed by atoms with E-state index in [-0.39, 0.29) is 23.0 Å². The van der Waals surface area contributed by atoms with Gasteiger partial charge in [0.2, 0.25) is 10.0 Å². The Morgan fingerprint density at radius 3 is 2.20 bits per heavy atom. The molecule has 156 valence electrons. The highest BCUT2D eigenvalue weighted by Crippen LogP contribution is 2.21. The number of nitro benzene ring substituents is 1. The number of rotatable bonds is 6. The number of nitrogens with zero attached hydrogens (tertiary/aromatic N) is 3. The molecule has 1 fully saturated rings. The van der Waals surface area contributed by atoms with Crippen LogP contribution in [0.15, 0.2) is 53.4 Å². The molecule has 1 N–H and O–H groups in total. The normalized spacial score (nSPS) is 14.2. The lowest BCUT2D eigenvalue weighted by Gasteiger charge is -2.36. The Labute approximate surface area is 174 Å². The number of benzene rings is 2. The number of carbonyl (C=O) groups is 1. The van der Waals surface area contributed by atoms with Crippen LogP contribution < -0.4 is 9.62 Å². The first-order valence-corrected chi connectivity index (χ1v) is 10.6. The molecule has 1 heterocycles. The van der Waals surface area contributed by atoms with Crippen molar-refractivity contribution < 1.29 is 18.1 Å². The maximum absolute atomic E-state index is 12.7. The van der Waals surface area contributed by atoms with Gasteiger partial charge in [-0.2, -0.15) is 4.72 Å². The number of anilines is 1. The van der Waals surface area contributed by atoms with Crippen LogP contribution in [0, 0.1) is 22.5 Å². The molecule has 0 aliphatic carbocycles. The molecule has 9 nitrogen and oxygen atoms in total. The lowest BCUT2D eigenvalue weighted by molar-refractivity contribution is -0.384. The summed E-state index contributed by atoms with van der Waals surface area (Å²) in [6, 6.07) is 12.0. The summed E-state index contributed by atoms with van der Waals surface area (Å²) in [5, 5.41) is 10.8. The highest BCUT2D eigenvalue weighted by molar-refractivity contribution is 7.89. The number of nitro groups is 1. The van der Waals surface area contributed by atoms with Crippen LogP contribution in [-0.4, -0.2) is 56.9 Å². The van der Waals surface area contributed by atoms with Gasteiger partial charge in [0, 0.05) is 49.6 Å². The fourth-order valence-corrected chi connectivity index (χ4v) is 4.07. The third-order valence-electron chi connectivity index (χ3n) is 4.77. The third-order valence-corrected chi connectivity index (χ3v) is 6.19. The molecular weight excluding hydrogens is 408 g/mol. The van der Waals surface area contributed by atoms with Crippen LogP contribution in [0.1, 0.15) is 10.4 Å². The Bertz CT molecular complexity index is 1070. The van der Waals surface area contributed by atoms with Gasteiger partial charge in [-0.3, -0.25) is 14.9 Å². The predicted octanol–water partition coefficient (Wildman–Crippen LogP) is 1.47. The number of hydrogen-bond acceptors (Lipinski definition) is 6. The molecule has 0 aromatic heterocycles. The van der Waals surface area contributed by atoms with Gasteiger partial charge in [0.25, 0.3) is 11.6 Å². The van der Waals surface area contributed by atoms with E-state index in [0.29, 0.717) is 31.7 Å². The Hall–Kier alpha value is -3.42. The lowest BCUT2D eigenvalue weighted by Crippen LogP contribution is -2.48. The average Bonchev–Trinajstić information content (AvgIpc) is 2.77. The lowest BCUT2D eigenvalue weighted by atomic mass is 10.1. The van der Waals surface area contributed by atoms with E-state index < -0.39 is 14.9 Å². The van der Waals surface area contributed by atoms with Crippen molar-refractivity contribution in [3.05, 3.63) is 64.2 Å². The second kappa shape index (κ2) is 8.94. The summed E-state index contributed by atoms with van der Waals surface area (Å²) in [5.41, 5.74) is 1.30. The van der Waals surface area contributed by atoms with Gasteiger partial charge in [0.05, 0.1) is 16.4 Å². The van der Waals surface area contributed by atoms with E-state index in [2.05, 4.69) is 15.5 Å². The van der Waals surface area contributed by atoms with Crippen molar-refractivity contribution >= 4 is 27.3 Å². The fraction of sp³-hybridized carbons (Fsp3) is 0.250. The third kappa shape index (κ3) is 4.76. The molecule has 2 aromatic carbocycles. The minimum atomic E-state index is -3.70. The summed E-state index contributed by atoms with van der Waals surface area (Å²) < 4.78 is 26.4. The number of hydrogen-bond donors (Lipinski definition) is 1. The maximum atomic E-state index is 12.7. The minimum Gasteiger partial charge on any atom is -0.368 e. The molecule has 0 bridgehead atoms. The van der Waals surface area contributed by atoms with Crippen LogP contribution in [0.3, 0.4) is 0 Å². The molecule has 1 aliphatic rings. The van der Waals surface area contributed by atoms with E-state index in [4.69, 9.17) is 6.42 Å². The molecule has 1 saturated heterocycles. The molecule has 0 spiro atoms. The van der Waals surface area contributed by atoms with Crippen LogP contribution in [-0.2, 0) is 10.0 Å². The Morgan fingerprint density at radius 2 is 1.67 bits per heavy atom. The van der Waals surface area contributed by atoms with E-state index >= 15 is 0 Å². The van der Waals surface area contributed by atoms with Crippen LogP contribution in [0.5, 0.6) is 0 Å². The summed E-state index contributed by atoms with van der Waals surface area (Å²) in [7, 11) is -3.70. The van der Waals surface area contributed by atoms with E-state index in [1.54, 1.807) is 17.0 Å². The van der Waals surface area contributed by atoms with Crippen molar-refractivity contribution in [3.63, 3.8) is 0 Å². The molecule has 3 rings (SSSR count). The standard InChI is InChI=1S/C20H20N4O5S/c1-2-11-21-30(28,29)19-9-3-16(4-10-19)20(25)23-14-12-22(13-15-23)17-5-7-18(8-6-17)24(26)27/h1,3-10,21H,11-15H2. The van der Waals surface area contributed by atoms with Gasteiger partial charge in [0.1, 0.15) is 0 Å². The van der Waals surface area contributed by atoms with Crippen LogP contribution in [0.4, 0.5) is 11.4 Å². The van der Waals surface area contributed by atoms with E-state index in [1.165, 1.54) is 36.4 Å². The highest BCUT2D eigenvalue weighted by atomic mass is 32.2. The average molecular weight is 428 g/mol. The van der Waals surface area contributed by atoms with Gasteiger partial charge in [-0.05, 0) is 36.4 Å². The number of amides is 1. The van der Waals surface area contributed by atoms with Gasteiger partial charge in [0.15, 0.2) is 0 Å². The van der Waals surface area contributed by atoms with Crippen LogP contribution >= 0.6 is 0 Å². The zero-order chi connectivity index (χ0) is 21.7. The molecule has 10 heteroatoms. The number of nitrogens with one attached hydrogen (secondary N) is 1. The molecule has 30 heavy (non-hydrogen) atoms. The molecule has 0 radical (unpaired) electrons. The van der Waals surface area contributed by atoms with E-state index in [9.17, 15) is 23.3 Å². The van der Waals surface area contributed by atoms with Gasteiger partial charge < -0.3 is 9.80 Å². The molecule has 1 amide bonds. The highest BCUT2D eigenvalue weighted by Gasteiger charge is 2.23. The molecule has 2 aromatic rings. The van der Waals surface area contributed by atoms with E-state index in [0.717, 1.165) is 5.69 Å². The van der Waals surface area contributed by atoms with Gasteiger partial charge in [-0.1, -0.05) is 5.92 Å². The van der Waals surface area contributed by atoms with E-state index in [1.807, 2.05) is 0 Å². The van der Waals surface area contributed by atoms with Crippen molar-refractivity contribution in [2.75, 3.05) is 37.6 Å². The van der Waals surface area contributed by atoms with Gasteiger partial charge >= 0.3 is 0 Å². The Morgan fingerprint density at radius 1 is 1.07 bits per heavy atom. The summed E-state index contributed by atoms with van der Waals surface area (Å²) in [4.78, 5) is 26.9. The van der Waals surface area contributed by atoms with Crippen molar-refractivity contribution in [1.29, 1.82) is 0 Å². The predicted molar refractivity (Wildman–Crippen MR) is 112 cm³/mol. The van der Waals surface area contributed by atoms with Crippen LogP contribution in [0.2, 0.25) is 0 Å². The number of non-ortho nitro benzene ring substituents is 1. The smallest absolute Gasteiger partial charge is 0.269 e. The zero-order valence-corrected chi connectivity index (χ0v) is 16.8. The maximum Gasteiger partial charge on any atom is 0.269 e. The largest absolute Gasteiger partial charge is 0.368 e. The zero-order valence-electron chi connectivity index (χ0n) is 16.0. The number of sulfonamides is 1. The number of piperazine rings is 1. The number of terminal acetylenes is 1. The summed E-state index contributed by atoms with van der Waals surface area (Å²) in [5.74, 6) is 2.02. The van der Waals surface area contributed by atoms with Crippen LogP contribution in [0.25, 0.3) is 0 Å². The first-order valence-electron chi connectivity index (χ1n) is 9.14. The molecule has 1 aliphatic heterocycles. The molecule has 0 saturated carbocycles. The van der Waals surface area contributed by atoms with Crippen molar-refractivity contribution in [2.24, 2.45) is 0 Å². The summed E-state index contributed by atoms with van der Waals surface area (Å²) in [6.45, 7) is 2.04. The second-order valence-corrected chi connectivity index (χ2v) is 8.37. The first kappa shape index (κ1) is 21.3. The van der Waals surface area contributed by atoms with Gasteiger partial charge in [-0.15, -0.1) is 6.42 Å². The minimum absolute atomic E-state index is 0.0347. The Balaban J connectivity index is 1.61. The molecular formula is C20H20N4O5S. The number of carbonyl (C=O) groups excluding carboxylic acids is 1. The second-order valence-electron chi connectivity index (χ2n) is 6.61. The fourth-order valence-electron chi connectivity index (χ4n) is 3.13. The molecule has 0 unspecified atom stereocenters. The van der Waals surface area contributed by atoms with Crippen molar-refractivity contribution in [2.45, 2.75) is 4.90 Å². The topological polar surface area (TPSA) is 113 Å². The first-order chi connectivity index (χ1) is 14.3. The SMILES string of the molecule is C#CCNS(=O)(=O)c1ccc(C(=O)N2CCN(c3ccc([N+](=O)[O-])cc3)CC2)cc1.